The molecule has 2 aromatic carbocycles. The second kappa shape index (κ2) is 4.22. The molecule has 4 rings (SSSR count). The summed E-state index contributed by atoms with van der Waals surface area (Å²) in [6.45, 7) is 4.05. The smallest absolute Gasteiger partial charge is 0.336 e. The maximum atomic E-state index is 11.7. The molecule has 0 spiro atoms. The van der Waals surface area contributed by atoms with E-state index in [1.54, 1.807) is 6.07 Å². The normalized spacial score (nSPS) is 11.7. The van der Waals surface area contributed by atoms with Crippen molar-refractivity contribution in [2.24, 2.45) is 0 Å². The number of furan rings is 1. The van der Waals surface area contributed by atoms with Crippen molar-refractivity contribution in [1.82, 2.24) is 0 Å². The van der Waals surface area contributed by atoms with Crippen LogP contribution < -0.4 is 5.63 Å². The highest BCUT2D eigenvalue weighted by atomic mass is 16.4. The highest BCUT2D eigenvalue weighted by molar-refractivity contribution is 6.16. The summed E-state index contributed by atoms with van der Waals surface area (Å²) in [5, 5.41) is 3.11. The molecule has 0 bridgehead atoms. The molecule has 2 aromatic heterocycles. The van der Waals surface area contributed by atoms with Crippen LogP contribution in [0.1, 0.15) is 18.1 Å². The minimum absolute atomic E-state index is 0.311. The van der Waals surface area contributed by atoms with Crippen molar-refractivity contribution in [3.63, 3.8) is 0 Å². The summed E-state index contributed by atoms with van der Waals surface area (Å²) < 4.78 is 11.4. The van der Waals surface area contributed by atoms with Gasteiger partial charge in [-0.25, -0.2) is 4.79 Å². The highest BCUT2D eigenvalue weighted by Crippen LogP contribution is 2.37. The number of benzene rings is 2. The predicted molar refractivity (Wildman–Crippen MR) is 83.9 cm³/mol. The van der Waals surface area contributed by atoms with Gasteiger partial charge in [0.1, 0.15) is 16.7 Å². The lowest BCUT2D eigenvalue weighted by Crippen LogP contribution is -2.00. The molecular weight excluding hydrogens is 264 g/mol. The number of aryl methyl sites for hydroxylation is 2. The van der Waals surface area contributed by atoms with Crippen molar-refractivity contribution in [1.29, 1.82) is 0 Å². The van der Waals surface area contributed by atoms with E-state index >= 15 is 0 Å². The van der Waals surface area contributed by atoms with Gasteiger partial charge in [0, 0.05) is 16.8 Å². The fourth-order valence-corrected chi connectivity index (χ4v) is 3.08. The first-order valence-electron chi connectivity index (χ1n) is 7.06. The van der Waals surface area contributed by atoms with Gasteiger partial charge in [-0.05, 0) is 36.6 Å². The minimum atomic E-state index is -0.311. The lowest BCUT2D eigenvalue weighted by Gasteiger charge is -2.05. The number of fused-ring (bicyclic) bond motifs is 5. The number of para-hydroxylation sites is 1. The molecule has 0 N–H and O–H groups in total. The van der Waals surface area contributed by atoms with E-state index in [1.165, 1.54) is 0 Å². The van der Waals surface area contributed by atoms with E-state index in [2.05, 4.69) is 6.07 Å². The van der Waals surface area contributed by atoms with E-state index in [4.69, 9.17) is 8.83 Å². The zero-order valence-electron chi connectivity index (χ0n) is 11.9. The first-order chi connectivity index (χ1) is 10.2. The SMILES string of the molecule is CCc1cc(=O)oc2cc(C)c3c4ccccc4oc3c12. The zero-order chi connectivity index (χ0) is 14.6. The summed E-state index contributed by atoms with van der Waals surface area (Å²) in [5.74, 6) is 0. The van der Waals surface area contributed by atoms with E-state index in [0.717, 1.165) is 44.9 Å². The first-order valence-corrected chi connectivity index (χ1v) is 7.06. The van der Waals surface area contributed by atoms with Gasteiger partial charge in [0.15, 0.2) is 0 Å². The molecule has 4 aromatic rings. The van der Waals surface area contributed by atoms with Crippen LogP contribution in [0.15, 0.2) is 50.0 Å². The molecule has 3 heteroatoms. The molecule has 0 saturated carbocycles. The van der Waals surface area contributed by atoms with E-state index < -0.39 is 0 Å². The lowest BCUT2D eigenvalue weighted by molar-refractivity contribution is 0.558. The van der Waals surface area contributed by atoms with Gasteiger partial charge in [0.05, 0.1) is 5.39 Å². The number of hydrogen-bond acceptors (Lipinski definition) is 3. The molecule has 0 fully saturated rings. The van der Waals surface area contributed by atoms with Crippen LogP contribution in [0.3, 0.4) is 0 Å². The Labute approximate surface area is 120 Å². The summed E-state index contributed by atoms with van der Waals surface area (Å²) in [7, 11) is 0. The van der Waals surface area contributed by atoms with Crippen molar-refractivity contribution in [2.75, 3.05) is 0 Å². The molecule has 2 heterocycles. The van der Waals surface area contributed by atoms with E-state index in [0.29, 0.717) is 5.58 Å². The Morgan fingerprint density at radius 2 is 1.81 bits per heavy atom. The second-order valence-electron chi connectivity index (χ2n) is 5.31. The summed E-state index contributed by atoms with van der Waals surface area (Å²) >= 11 is 0. The third-order valence-corrected chi connectivity index (χ3v) is 4.02. The summed E-state index contributed by atoms with van der Waals surface area (Å²) in [6, 6.07) is 11.5. The fraction of sp³-hybridized carbons (Fsp3) is 0.167. The van der Waals surface area contributed by atoms with Gasteiger partial charge in [0.25, 0.3) is 0 Å². The largest absolute Gasteiger partial charge is 0.455 e. The van der Waals surface area contributed by atoms with Crippen molar-refractivity contribution in [3.8, 4) is 0 Å². The van der Waals surface area contributed by atoms with Crippen LogP contribution in [-0.2, 0) is 6.42 Å². The maximum absolute atomic E-state index is 11.7. The van der Waals surface area contributed by atoms with Crippen LogP contribution in [0.5, 0.6) is 0 Å². The summed E-state index contributed by atoms with van der Waals surface area (Å²) in [5.41, 5.74) is 3.98. The van der Waals surface area contributed by atoms with Crippen LogP contribution >= 0.6 is 0 Å². The molecule has 0 radical (unpaired) electrons. The highest BCUT2D eigenvalue weighted by Gasteiger charge is 2.16. The topological polar surface area (TPSA) is 43.4 Å². The zero-order valence-corrected chi connectivity index (χ0v) is 11.9. The van der Waals surface area contributed by atoms with Gasteiger partial charge in [-0.2, -0.15) is 0 Å². The Bertz CT molecular complexity index is 1050. The Hall–Kier alpha value is -2.55. The Balaban J connectivity index is 2.36. The molecule has 3 nitrogen and oxygen atoms in total. The summed E-state index contributed by atoms with van der Waals surface area (Å²) in [4.78, 5) is 11.7. The molecule has 0 aliphatic heterocycles. The monoisotopic (exact) mass is 278 g/mol. The van der Waals surface area contributed by atoms with Crippen molar-refractivity contribution >= 4 is 32.9 Å². The van der Waals surface area contributed by atoms with Gasteiger partial charge in [0.2, 0.25) is 0 Å². The molecule has 0 unspecified atom stereocenters. The quantitative estimate of drug-likeness (QED) is 0.479. The standard InChI is InChI=1S/C18H14O3/c1-3-11-9-15(19)20-14-8-10(2)16-12-6-4-5-7-13(12)21-18(16)17(11)14/h4-9H,3H2,1-2H3. The van der Waals surface area contributed by atoms with Crippen LogP contribution in [0.2, 0.25) is 0 Å². The fourth-order valence-electron chi connectivity index (χ4n) is 3.08. The van der Waals surface area contributed by atoms with Gasteiger partial charge in [-0.1, -0.05) is 25.1 Å². The Morgan fingerprint density at radius 1 is 1.00 bits per heavy atom. The maximum Gasteiger partial charge on any atom is 0.336 e. The minimum Gasteiger partial charge on any atom is -0.455 e. The van der Waals surface area contributed by atoms with Gasteiger partial charge in [-0.3, -0.25) is 0 Å². The molecular formula is C18H14O3. The van der Waals surface area contributed by atoms with Gasteiger partial charge in [-0.15, -0.1) is 0 Å². The van der Waals surface area contributed by atoms with Crippen LogP contribution in [0.4, 0.5) is 0 Å². The van der Waals surface area contributed by atoms with E-state index in [1.807, 2.05) is 38.1 Å². The third-order valence-electron chi connectivity index (χ3n) is 4.02. The van der Waals surface area contributed by atoms with Crippen molar-refractivity contribution in [2.45, 2.75) is 20.3 Å². The van der Waals surface area contributed by atoms with Gasteiger partial charge < -0.3 is 8.83 Å². The van der Waals surface area contributed by atoms with Crippen molar-refractivity contribution in [3.05, 3.63) is 57.9 Å². The molecule has 21 heavy (non-hydrogen) atoms. The third kappa shape index (κ3) is 1.64. The lowest BCUT2D eigenvalue weighted by atomic mass is 10.0. The average molecular weight is 278 g/mol. The second-order valence-corrected chi connectivity index (χ2v) is 5.31. The van der Waals surface area contributed by atoms with E-state index in [-0.39, 0.29) is 5.63 Å². The molecule has 104 valence electrons. The van der Waals surface area contributed by atoms with E-state index in [9.17, 15) is 4.79 Å². The number of hydrogen-bond donors (Lipinski definition) is 0. The van der Waals surface area contributed by atoms with Gasteiger partial charge >= 0.3 is 5.63 Å². The molecule has 0 aliphatic carbocycles. The Kier molecular flexibility index (Phi) is 2.45. The predicted octanol–water partition coefficient (Wildman–Crippen LogP) is 4.56. The molecule has 0 atom stereocenters. The number of rotatable bonds is 1. The first kappa shape index (κ1) is 12.2. The average Bonchev–Trinajstić information content (AvgIpc) is 2.85. The van der Waals surface area contributed by atoms with Crippen LogP contribution in [0.25, 0.3) is 32.9 Å². The summed E-state index contributed by atoms with van der Waals surface area (Å²) in [6.07, 6.45) is 0.761. The molecule has 0 saturated heterocycles. The molecule has 0 amide bonds. The Morgan fingerprint density at radius 3 is 2.62 bits per heavy atom. The van der Waals surface area contributed by atoms with Crippen molar-refractivity contribution < 1.29 is 8.83 Å². The van der Waals surface area contributed by atoms with Crippen LogP contribution in [0, 0.1) is 6.92 Å². The van der Waals surface area contributed by atoms with Crippen LogP contribution in [-0.4, -0.2) is 0 Å². The molecule has 0 aliphatic rings.